The van der Waals surface area contributed by atoms with Crippen molar-refractivity contribution in [1.29, 1.82) is 10.5 Å². The van der Waals surface area contributed by atoms with Gasteiger partial charge in [0.25, 0.3) is 0 Å². The van der Waals surface area contributed by atoms with E-state index in [1.165, 1.54) is 42.1 Å². The molecule has 0 radical (unpaired) electrons. The summed E-state index contributed by atoms with van der Waals surface area (Å²) < 4.78 is 4.72. The molecule has 7 aromatic carbocycles. The maximum atomic E-state index is 9.34. The van der Waals surface area contributed by atoms with E-state index in [-0.39, 0.29) is 0 Å². The van der Waals surface area contributed by atoms with Gasteiger partial charge in [-0.05, 0) is 95.1 Å². The number of fused-ring (bicyclic) bond motifs is 6. The Morgan fingerprint density at radius 3 is 1.16 bits per heavy atom. The molecule has 0 bridgehead atoms. The lowest BCUT2D eigenvalue weighted by Crippen LogP contribution is -2.09. The largest absolute Gasteiger partial charge is 0.311 e. The molecule has 0 aliphatic rings. The van der Waals surface area contributed by atoms with E-state index in [0.29, 0.717) is 11.1 Å². The number of anilines is 3. The van der Waals surface area contributed by atoms with Crippen LogP contribution in [-0.4, -0.2) is 0 Å². The van der Waals surface area contributed by atoms with Gasteiger partial charge in [0.15, 0.2) is 0 Å². The first-order valence-electron chi connectivity index (χ1n) is 15.9. The van der Waals surface area contributed by atoms with Crippen LogP contribution in [0.25, 0.3) is 62.6 Å². The van der Waals surface area contributed by atoms with Gasteiger partial charge in [-0.25, -0.2) is 0 Å². The standard InChI is InChI=1S/C44H25N3S2/c45-26-28-6-18-37-39-20-12-32(24-43(39)48-41(37)22-28)30-8-14-35(15-9-30)47(34-4-2-1-3-5-34)36-16-10-31(11-17-36)33-13-21-40-38-19-7-29(27-46)23-42(38)49-44(40)25-33/h1-25H. The predicted molar refractivity (Wildman–Crippen MR) is 207 cm³/mol. The van der Waals surface area contributed by atoms with Gasteiger partial charge in [-0.1, -0.05) is 78.9 Å². The van der Waals surface area contributed by atoms with Crippen LogP contribution in [0.3, 0.4) is 0 Å². The quantitative estimate of drug-likeness (QED) is 0.185. The Labute approximate surface area is 291 Å². The number of hydrogen-bond acceptors (Lipinski definition) is 5. The van der Waals surface area contributed by atoms with Gasteiger partial charge in [-0.3, -0.25) is 0 Å². The van der Waals surface area contributed by atoms with Crippen molar-refractivity contribution in [1.82, 2.24) is 0 Å². The molecule has 0 aliphatic heterocycles. The van der Waals surface area contributed by atoms with Crippen LogP contribution in [0.5, 0.6) is 0 Å². The average molecular weight is 660 g/mol. The third kappa shape index (κ3) is 5.10. The fraction of sp³-hybridized carbons (Fsp3) is 0. The average Bonchev–Trinajstić information content (AvgIpc) is 3.72. The monoisotopic (exact) mass is 659 g/mol. The number of rotatable bonds is 5. The van der Waals surface area contributed by atoms with E-state index in [0.717, 1.165) is 37.6 Å². The fourth-order valence-corrected chi connectivity index (χ4v) is 9.05. The predicted octanol–water partition coefficient (Wildman–Crippen LogP) is 13.0. The highest BCUT2D eigenvalue weighted by Crippen LogP contribution is 2.40. The van der Waals surface area contributed by atoms with Gasteiger partial charge in [0.05, 0.1) is 23.3 Å². The minimum atomic E-state index is 0.692. The summed E-state index contributed by atoms with van der Waals surface area (Å²) >= 11 is 3.47. The van der Waals surface area contributed by atoms with Crippen LogP contribution >= 0.6 is 22.7 Å². The lowest BCUT2D eigenvalue weighted by atomic mass is 10.0. The van der Waals surface area contributed by atoms with Crippen LogP contribution in [0.1, 0.15) is 11.1 Å². The molecule has 9 rings (SSSR count). The summed E-state index contributed by atoms with van der Waals surface area (Å²) in [4.78, 5) is 2.29. The van der Waals surface area contributed by atoms with E-state index >= 15 is 0 Å². The highest BCUT2D eigenvalue weighted by molar-refractivity contribution is 7.26. The van der Waals surface area contributed by atoms with Crippen molar-refractivity contribution in [2.45, 2.75) is 0 Å². The first-order valence-corrected chi connectivity index (χ1v) is 17.6. The van der Waals surface area contributed by atoms with E-state index in [1.54, 1.807) is 22.7 Å². The Bertz CT molecular complexity index is 2600. The normalized spacial score (nSPS) is 11.2. The van der Waals surface area contributed by atoms with Crippen molar-refractivity contribution in [2.24, 2.45) is 0 Å². The number of para-hydroxylation sites is 1. The van der Waals surface area contributed by atoms with E-state index in [2.05, 4.69) is 138 Å². The van der Waals surface area contributed by atoms with Crippen molar-refractivity contribution < 1.29 is 0 Å². The van der Waals surface area contributed by atoms with Crippen molar-refractivity contribution in [3.63, 3.8) is 0 Å². The molecule has 3 nitrogen and oxygen atoms in total. The van der Waals surface area contributed by atoms with Gasteiger partial charge in [-0.2, -0.15) is 10.5 Å². The second kappa shape index (κ2) is 11.8. The molecule has 0 atom stereocenters. The van der Waals surface area contributed by atoms with Crippen molar-refractivity contribution in [2.75, 3.05) is 4.90 Å². The Morgan fingerprint density at radius 1 is 0.367 bits per heavy atom. The van der Waals surface area contributed by atoms with Gasteiger partial charge in [0, 0.05) is 57.4 Å². The topological polar surface area (TPSA) is 50.8 Å². The SMILES string of the molecule is N#Cc1ccc2c(c1)sc1cc(-c3ccc(N(c4ccccc4)c4ccc(-c5ccc6c(c5)sc5cc(C#N)ccc56)cc4)cc3)ccc12. The van der Waals surface area contributed by atoms with Gasteiger partial charge < -0.3 is 4.90 Å². The number of thiophene rings is 2. The van der Waals surface area contributed by atoms with Gasteiger partial charge in [-0.15, -0.1) is 22.7 Å². The molecule has 0 aliphatic carbocycles. The maximum absolute atomic E-state index is 9.34. The second-order valence-corrected chi connectivity index (χ2v) is 14.2. The summed E-state index contributed by atoms with van der Waals surface area (Å²) in [5.41, 5.74) is 9.29. The van der Waals surface area contributed by atoms with Gasteiger partial charge >= 0.3 is 0 Å². The molecule has 5 heteroatoms. The molecule has 228 valence electrons. The number of nitriles is 2. The molecule has 0 spiro atoms. The molecule has 0 saturated heterocycles. The Hall–Kier alpha value is -6.24. The summed E-state index contributed by atoms with van der Waals surface area (Å²) in [6.07, 6.45) is 0. The van der Waals surface area contributed by atoms with E-state index in [9.17, 15) is 10.5 Å². The maximum Gasteiger partial charge on any atom is 0.0992 e. The van der Waals surface area contributed by atoms with Crippen molar-refractivity contribution >= 4 is 80.1 Å². The molecule has 0 saturated carbocycles. The van der Waals surface area contributed by atoms with Gasteiger partial charge in [0.2, 0.25) is 0 Å². The highest BCUT2D eigenvalue weighted by atomic mass is 32.1. The fourth-order valence-electron chi connectivity index (χ4n) is 6.68. The van der Waals surface area contributed by atoms with E-state index in [1.807, 2.05) is 30.3 Å². The Kier molecular flexibility index (Phi) is 6.95. The molecule has 2 heterocycles. The molecular weight excluding hydrogens is 635 g/mol. The smallest absolute Gasteiger partial charge is 0.0992 e. The summed E-state index contributed by atoms with van der Waals surface area (Å²) in [5, 5.41) is 23.5. The molecular formula is C44H25N3S2. The van der Waals surface area contributed by atoms with Crippen LogP contribution < -0.4 is 4.90 Å². The third-order valence-electron chi connectivity index (χ3n) is 9.14. The zero-order valence-electron chi connectivity index (χ0n) is 26.1. The summed E-state index contributed by atoms with van der Waals surface area (Å²) in [6, 6.07) is 57.7. The van der Waals surface area contributed by atoms with Crippen molar-refractivity contribution in [3.05, 3.63) is 163 Å². The molecule has 0 N–H and O–H groups in total. The van der Waals surface area contributed by atoms with Crippen molar-refractivity contribution in [3.8, 4) is 34.4 Å². The molecule has 0 amide bonds. The van der Waals surface area contributed by atoms with Crippen LogP contribution in [0.15, 0.2) is 152 Å². The lowest BCUT2D eigenvalue weighted by molar-refractivity contribution is 1.28. The number of hydrogen-bond donors (Lipinski definition) is 0. The van der Waals surface area contributed by atoms with E-state index in [4.69, 9.17) is 0 Å². The second-order valence-electron chi connectivity index (χ2n) is 12.0. The minimum absolute atomic E-state index is 0.692. The van der Waals surface area contributed by atoms with E-state index < -0.39 is 0 Å². The zero-order chi connectivity index (χ0) is 32.9. The third-order valence-corrected chi connectivity index (χ3v) is 11.4. The molecule has 9 aromatic rings. The first kappa shape index (κ1) is 28.9. The summed E-state index contributed by atoms with van der Waals surface area (Å²) in [6.45, 7) is 0. The van der Waals surface area contributed by atoms with Crippen LogP contribution in [0.2, 0.25) is 0 Å². The highest BCUT2D eigenvalue weighted by Gasteiger charge is 2.14. The van der Waals surface area contributed by atoms with Gasteiger partial charge in [0.1, 0.15) is 0 Å². The zero-order valence-corrected chi connectivity index (χ0v) is 27.7. The molecule has 0 fully saturated rings. The number of benzene rings is 7. The number of nitrogens with zero attached hydrogens (tertiary/aromatic N) is 3. The Balaban J connectivity index is 1.04. The minimum Gasteiger partial charge on any atom is -0.311 e. The Morgan fingerprint density at radius 2 is 0.735 bits per heavy atom. The molecule has 49 heavy (non-hydrogen) atoms. The van der Waals surface area contributed by atoms with Crippen LogP contribution in [0, 0.1) is 22.7 Å². The first-order chi connectivity index (χ1) is 24.1. The molecule has 0 unspecified atom stereocenters. The summed E-state index contributed by atoms with van der Waals surface area (Å²) in [5.74, 6) is 0. The molecule has 2 aromatic heterocycles. The van der Waals surface area contributed by atoms with Crippen LogP contribution in [0.4, 0.5) is 17.1 Å². The van der Waals surface area contributed by atoms with Crippen LogP contribution in [-0.2, 0) is 0 Å². The summed E-state index contributed by atoms with van der Waals surface area (Å²) in [7, 11) is 0. The lowest BCUT2D eigenvalue weighted by Gasteiger charge is -2.26.